The first-order valence-corrected chi connectivity index (χ1v) is 12.4. The zero-order valence-corrected chi connectivity index (χ0v) is 20.9. The van der Waals surface area contributed by atoms with Crippen LogP contribution < -0.4 is 10.6 Å². The second-order valence-corrected chi connectivity index (χ2v) is 9.45. The van der Waals surface area contributed by atoms with Crippen LogP contribution in [-0.4, -0.2) is 47.0 Å². The van der Waals surface area contributed by atoms with E-state index in [1.165, 1.54) is 12.1 Å². The number of pyridine rings is 1. The average Bonchev–Trinajstić information content (AvgIpc) is 3.25. The SMILES string of the molecule is Cc1[nH]c(-c2ccccc2)c(-c2cc(C(N)=O)ccn2)c1CN1CCN(c2cccc(C(F)(F)F)c2)CC1. The first kappa shape index (κ1) is 25.5. The number of hydrogen-bond acceptors (Lipinski definition) is 4. The van der Waals surface area contributed by atoms with Crippen molar-refractivity contribution in [2.45, 2.75) is 19.6 Å². The number of aromatic nitrogens is 2. The zero-order valence-electron chi connectivity index (χ0n) is 20.9. The lowest BCUT2D eigenvalue weighted by Gasteiger charge is -2.36. The molecule has 5 rings (SSSR count). The Hall–Kier alpha value is -4.11. The molecule has 0 saturated carbocycles. The third-order valence-corrected chi connectivity index (χ3v) is 6.97. The molecule has 1 saturated heterocycles. The number of piperazine rings is 1. The number of alkyl halides is 3. The van der Waals surface area contributed by atoms with Crippen molar-refractivity contribution in [3.05, 3.63) is 95.3 Å². The van der Waals surface area contributed by atoms with Crippen LogP contribution in [0.15, 0.2) is 72.9 Å². The highest BCUT2D eigenvalue weighted by Gasteiger charge is 2.31. The number of carbonyl (C=O) groups excluding carboxylic acids is 1. The van der Waals surface area contributed by atoms with Gasteiger partial charge in [0.25, 0.3) is 0 Å². The maximum atomic E-state index is 13.2. The van der Waals surface area contributed by atoms with E-state index in [1.807, 2.05) is 42.2 Å². The van der Waals surface area contributed by atoms with E-state index in [0.717, 1.165) is 34.1 Å². The summed E-state index contributed by atoms with van der Waals surface area (Å²) in [5.41, 5.74) is 11.4. The third kappa shape index (κ3) is 5.28. The summed E-state index contributed by atoms with van der Waals surface area (Å²) in [6.07, 6.45) is -2.78. The Morgan fingerprint density at radius 1 is 1.00 bits per heavy atom. The number of carbonyl (C=O) groups is 1. The second-order valence-electron chi connectivity index (χ2n) is 9.45. The molecule has 2 aromatic carbocycles. The van der Waals surface area contributed by atoms with Crippen molar-refractivity contribution in [1.82, 2.24) is 14.9 Å². The van der Waals surface area contributed by atoms with Crippen LogP contribution >= 0.6 is 0 Å². The van der Waals surface area contributed by atoms with Crippen molar-refractivity contribution < 1.29 is 18.0 Å². The molecule has 38 heavy (non-hydrogen) atoms. The quantitative estimate of drug-likeness (QED) is 0.353. The monoisotopic (exact) mass is 519 g/mol. The van der Waals surface area contributed by atoms with Crippen LogP contribution in [0, 0.1) is 6.92 Å². The van der Waals surface area contributed by atoms with E-state index in [2.05, 4.69) is 14.9 Å². The lowest BCUT2D eigenvalue weighted by molar-refractivity contribution is -0.137. The molecule has 3 N–H and O–H groups in total. The van der Waals surface area contributed by atoms with E-state index in [4.69, 9.17) is 5.73 Å². The molecule has 9 heteroatoms. The van der Waals surface area contributed by atoms with Crippen LogP contribution in [0.5, 0.6) is 0 Å². The molecule has 0 bridgehead atoms. The zero-order chi connectivity index (χ0) is 26.9. The minimum Gasteiger partial charge on any atom is -0.369 e. The fourth-order valence-corrected chi connectivity index (χ4v) is 4.95. The van der Waals surface area contributed by atoms with Gasteiger partial charge in [-0.05, 0) is 48.4 Å². The Morgan fingerprint density at radius 3 is 2.42 bits per heavy atom. The number of hydrogen-bond donors (Lipinski definition) is 2. The van der Waals surface area contributed by atoms with Crippen molar-refractivity contribution in [2.24, 2.45) is 5.73 Å². The standard InChI is InChI=1S/C29H28F3N5O/c1-19-24(18-36-12-14-37(15-13-36)23-9-5-8-22(17-23)29(30,31)32)26(25-16-21(28(33)38)10-11-34-25)27(35-19)20-6-3-2-4-7-20/h2-11,16-17,35H,12-15,18H2,1H3,(H2,33,38). The Morgan fingerprint density at radius 2 is 1.74 bits per heavy atom. The summed E-state index contributed by atoms with van der Waals surface area (Å²) in [5.74, 6) is -0.519. The normalized spacial score (nSPS) is 14.6. The first-order valence-electron chi connectivity index (χ1n) is 12.4. The second kappa shape index (κ2) is 10.3. The molecule has 0 spiro atoms. The summed E-state index contributed by atoms with van der Waals surface area (Å²) in [4.78, 5) is 24.3. The molecule has 196 valence electrons. The predicted octanol–water partition coefficient (Wildman–Crippen LogP) is 5.49. The van der Waals surface area contributed by atoms with E-state index in [9.17, 15) is 18.0 Å². The molecule has 0 aliphatic carbocycles. The van der Waals surface area contributed by atoms with Gasteiger partial charge in [-0.1, -0.05) is 36.4 Å². The van der Waals surface area contributed by atoms with Crippen LogP contribution in [0.2, 0.25) is 0 Å². The van der Waals surface area contributed by atoms with Crippen molar-refractivity contribution >= 4 is 11.6 Å². The van der Waals surface area contributed by atoms with Gasteiger partial charge in [0.15, 0.2) is 0 Å². The van der Waals surface area contributed by atoms with Crippen molar-refractivity contribution in [3.8, 4) is 22.5 Å². The van der Waals surface area contributed by atoms with Crippen molar-refractivity contribution in [3.63, 3.8) is 0 Å². The Bertz CT molecular complexity index is 1440. The van der Waals surface area contributed by atoms with E-state index >= 15 is 0 Å². The Balaban J connectivity index is 1.42. The number of anilines is 1. The molecule has 0 atom stereocenters. The smallest absolute Gasteiger partial charge is 0.369 e. The van der Waals surface area contributed by atoms with E-state index in [0.29, 0.717) is 49.7 Å². The van der Waals surface area contributed by atoms with E-state index < -0.39 is 17.6 Å². The number of halogens is 3. The van der Waals surface area contributed by atoms with Gasteiger partial charge in [0.2, 0.25) is 5.91 Å². The summed E-state index contributed by atoms with van der Waals surface area (Å²) in [7, 11) is 0. The van der Waals surface area contributed by atoms with Gasteiger partial charge in [-0.25, -0.2) is 0 Å². The van der Waals surface area contributed by atoms with Gasteiger partial charge in [-0.15, -0.1) is 0 Å². The lowest BCUT2D eigenvalue weighted by Crippen LogP contribution is -2.46. The highest BCUT2D eigenvalue weighted by Crippen LogP contribution is 2.37. The van der Waals surface area contributed by atoms with Gasteiger partial charge >= 0.3 is 6.18 Å². The molecule has 0 unspecified atom stereocenters. The molecule has 1 aliphatic rings. The largest absolute Gasteiger partial charge is 0.416 e. The lowest BCUT2D eigenvalue weighted by atomic mass is 9.99. The average molecular weight is 520 g/mol. The first-order chi connectivity index (χ1) is 18.2. The number of amides is 1. The molecular formula is C29H28F3N5O. The predicted molar refractivity (Wildman–Crippen MR) is 142 cm³/mol. The summed E-state index contributed by atoms with van der Waals surface area (Å²) < 4.78 is 39.6. The summed E-state index contributed by atoms with van der Waals surface area (Å²) in [5, 5.41) is 0. The molecule has 3 heterocycles. The molecule has 6 nitrogen and oxygen atoms in total. The van der Waals surface area contributed by atoms with Gasteiger partial charge in [0.05, 0.1) is 17.0 Å². The molecule has 2 aromatic heterocycles. The summed E-state index contributed by atoms with van der Waals surface area (Å²) in [6.45, 7) is 5.25. The number of aromatic amines is 1. The maximum absolute atomic E-state index is 13.2. The minimum atomic E-state index is -4.36. The molecular weight excluding hydrogens is 491 g/mol. The minimum absolute atomic E-state index is 0.383. The Labute approximate surface area is 218 Å². The number of aryl methyl sites for hydroxylation is 1. The van der Waals surface area contributed by atoms with E-state index in [-0.39, 0.29) is 0 Å². The number of H-pyrrole nitrogens is 1. The third-order valence-electron chi connectivity index (χ3n) is 6.97. The number of benzene rings is 2. The molecule has 1 amide bonds. The maximum Gasteiger partial charge on any atom is 0.416 e. The molecule has 4 aromatic rings. The fraction of sp³-hybridized carbons (Fsp3) is 0.241. The highest BCUT2D eigenvalue weighted by atomic mass is 19.4. The van der Waals surface area contributed by atoms with Gasteiger partial charge in [-0.3, -0.25) is 14.7 Å². The van der Waals surface area contributed by atoms with Crippen molar-refractivity contribution in [2.75, 3.05) is 31.1 Å². The summed E-state index contributed by atoms with van der Waals surface area (Å²) >= 11 is 0. The molecule has 1 aliphatic heterocycles. The van der Waals surface area contributed by atoms with Gasteiger partial charge < -0.3 is 15.6 Å². The van der Waals surface area contributed by atoms with Crippen LogP contribution in [-0.2, 0) is 12.7 Å². The fourth-order valence-electron chi connectivity index (χ4n) is 4.95. The van der Waals surface area contributed by atoms with Crippen LogP contribution in [0.25, 0.3) is 22.5 Å². The van der Waals surface area contributed by atoms with Crippen LogP contribution in [0.1, 0.15) is 27.2 Å². The van der Waals surface area contributed by atoms with Crippen LogP contribution in [0.4, 0.5) is 18.9 Å². The van der Waals surface area contributed by atoms with Crippen molar-refractivity contribution in [1.29, 1.82) is 0 Å². The number of nitrogens with two attached hydrogens (primary N) is 1. The number of nitrogens with one attached hydrogen (secondary N) is 1. The summed E-state index contributed by atoms with van der Waals surface area (Å²) in [6, 6.07) is 18.7. The van der Waals surface area contributed by atoms with Crippen LogP contribution in [0.3, 0.4) is 0 Å². The highest BCUT2D eigenvalue weighted by molar-refractivity contribution is 5.94. The number of nitrogens with zero attached hydrogens (tertiary/aromatic N) is 3. The topological polar surface area (TPSA) is 78.2 Å². The van der Waals surface area contributed by atoms with E-state index in [1.54, 1.807) is 24.4 Å². The number of primary amides is 1. The molecule has 1 fully saturated rings. The number of rotatable bonds is 6. The Kier molecular flexibility index (Phi) is 6.94. The van der Waals surface area contributed by atoms with Gasteiger partial charge in [0, 0.05) is 61.4 Å². The van der Waals surface area contributed by atoms with Gasteiger partial charge in [0.1, 0.15) is 0 Å². The molecule has 0 radical (unpaired) electrons. The van der Waals surface area contributed by atoms with Gasteiger partial charge in [-0.2, -0.15) is 13.2 Å².